The number of hydrogen-bond donors (Lipinski definition) is 2. The van der Waals surface area contributed by atoms with E-state index < -0.39 is 0 Å². The molecular formula is C10H18N4. The topological polar surface area (TPSA) is 57.9 Å². The molecule has 0 atom stereocenters. The molecule has 14 heavy (non-hydrogen) atoms. The number of aromatic amines is 1. The number of nitrogens with zero attached hydrogens (tertiary/aromatic N) is 2. The highest BCUT2D eigenvalue weighted by Crippen LogP contribution is 2.11. The maximum Gasteiger partial charge on any atom is 0.103 e. The van der Waals surface area contributed by atoms with Gasteiger partial charge < -0.3 is 10.7 Å². The Balaban J connectivity index is 1.86. The molecule has 1 fully saturated rings. The molecule has 0 saturated carbocycles. The minimum atomic E-state index is 0.412. The third kappa shape index (κ3) is 2.33. The predicted molar refractivity (Wildman–Crippen MR) is 55.8 cm³/mol. The summed E-state index contributed by atoms with van der Waals surface area (Å²) in [6.07, 6.45) is 4.16. The van der Waals surface area contributed by atoms with Crippen LogP contribution >= 0.6 is 0 Å². The number of aryl methyl sites for hydroxylation is 1. The Labute approximate surface area is 84.5 Å². The van der Waals surface area contributed by atoms with Crippen molar-refractivity contribution in [3.63, 3.8) is 0 Å². The van der Waals surface area contributed by atoms with Crippen molar-refractivity contribution in [3.8, 4) is 0 Å². The van der Waals surface area contributed by atoms with Crippen LogP contribution in [0.15, 0.2) is 6.20 Å². The highest BCUT2D eigenvalue weighted by atomic mass is 15.1. The number of H-pyrrole nitrogens is 1. The summed E-state index contributed by atoms with van der Waals surface area (Å²) in [5.41, 5.74) is 7.05. The second-order valence-corrected chi connectivity index (χ2v) is 4.11. The second kappa shape index (κ2) is 4.11. The molecule has 4 heteroatoms. The van der Waals surface area contributed by atoms with Crippen molar-refractivity contribution in [1.82, 2.24) is 14.9 Å². The molecule has 0 bridgehead atoms. The van der Waals surface area contributed by atoms with Gasteiger partial charge in [0.1, 0.15) is 5.82 Å². The van der Waals surface area contributed by atoms with Crippen LogP contribution in [0, 0.1) is 6.92 Å². The lowest BCUT2D eigenvalue weighted by Gasteiger charge is -2.29. The molecule has 2 rings (SSSR count). The average molecular weight is 194 g/mol. The van der Waals surface area contributed by atoms with Crippen molar-refractivity contribution in [2.24, 2.45) is 5.73 Å². The summed E-state index contributed by atoms with van der Waals surface area (Å²) in [4.78, 5) is 9.87. The summed E-state index contributed by atoms with van der Waals surface area (Å²) in [5.74, 6) is 0.994. The monoisotopic (exact) mass is 194 g/mol. The van der Waals surface area contributed by atoms with E-state index in [9.17, 15) is 0 Å². The molecule has 3 N–H and O–H groups in total. The van der Waals surface area contributed by atoms with Crippen LogP contribution in [0.3, 0.4) is 0 Å². The van der Waals surface area contributed by atoms with Crippen molar-refractivity contribution >= 4 is 0 Å². The number of hydrogen-bond acceptors (Lipinski definition) is 3. The SMILES string of the molecule is Cc1ncc(CN2CCC(N)CC2)[nH]1. The van der Waals surface area contributed by atoms with E-state index >= 15 is 0 Å². The van der Waals surface area contributed by atoms with Crippen LogP contribution in [-0.4, -0.2) is 34.0 Å². The fourth-order valence-corrected chi connectivity index (χ4v) is 1.90. The van der Waals surface area contributed by atoms with Crippen molar-refractivity contribution in [2.45, 2.75) is 32.4 Å². The van der Waals surface area contributed by atoms with Gasteiger partial charge in [-0.15, -0.1) is 0 Å². The smallest absolute Gasteiger partial charge is 0.103 e. The summed E-state index contributed by atoms with van der Waals surface area (Å²) >= 11 is 0. The normalized spacial score (nSPS) is 20.1. The van der Waals surface area contributed by atoms with Crippen molar-refractivity contribution < 1.29 is 0 Å². The Hall–Kier alpha value is -0.870. The highest BCUT2D eigenvalue weighted by Gasteiger charge is 2.16. The standard InChI is InChI=1S/C10H18N4/c1-8-12-6-10(13-8)7-14-4-2-9(11)3-5-14/h6,9H,2-5,7,11H2,1H3,(H,12,13). The lowest BCUT2D eigenvalue weighted by atomic mass is 10.1. The number of likely N-dealkylation sites (tertiary alicyclic amines) is 1. The molecule has 1 aromatic rings. The van der Waals surface area contributed by atoms with Gasteiger partial charge >= 0.3 is 0 Å². The predicted octanol–water partition coefficient (Wildman–Crippen LogP) is 0.641. The summed E-state index contributed by atoms with van der Waals surface area (Å²) in [6.45, 7) is 5.18. The fraction of sp³-hybridized carbons (Fsp3) is 0.700. The van der Waals surface area contributed by atoms with Crippen LogP contribution in [0.5, 0.6) is 0 Å². The van der Waals surface area contributed by atoms with Crippen LogP contribution in [-0.2, 0) is 6.54 Å². The zero-order valence-electron chi connectivity index (χ0n) is 8.66. The zero-order chi connectivity index (χ0) is 9.97. The van der Waals surface area contributed by atoms with E-state index in [0.29, 0.717) is 6.04 Å². The minimum absolute atomic E-state index is 0.412. The first kappa shape index (κ1) is 9.68. The second-order valence-electron chi connectivity index (χ2n) is 4.11. The molecule has 78 valence electrons. The van der Waals surface area contributed by atoms with E-state index in [1.54, 1.807) is 0 Å². The van der Waals surface area contributed by atoms with Gasteiger partial charge in [-0.25, -0.2) is 4.98 Å². The lowest BCUT2D eigenvalue weighted by molar-refractivity contribution is 0.204. The summed E-state index contributed by atoms with van der Waals surface area (Å²) in [5, 5.41) is 0. The third-order valence-corrected chi connectivity index (χ3v) is 2.78. The number of nitrogens with one attached hydrogen (secondary N) is 1. The highest BCUT2D eigenvalue weighted by molar-refractivity contribution is 4.99. The zero-order valence-corrected chi connectivity index (χ0v) is 8.66. The molecule has 0 unspecified atom stereocenters. The number of piperidine rings is 1. The molecule has 1 aliphatic rings. The summed E-state index contributed by atoms with van der Waals surface area (Å²) in [6, 6.07) is 0.412. The molecular weight excluding hydrogens is 176 g/mol. The fourth-order valence-electron chi connectivity index (χ4n) is 1.90. The molecule has 1 saturated heterocycles. The maximum atomic E-state index is 5.85. The number of imidazole rings is 1. The first-order valence-electron chi connectivity index (χ1n) is 5.22. The minimum Gasteiger partial charge on any atom is -0.345 e. The molecule has 0 amide bonds. The van der Waals surface area contributed by atoms with E-state index in [4.69, 9.17) is 5.73 Å². The molecule has 0 aromatic carbocycles. The Bertz CT molecular complexity index is 286. The van der Waals surface area contributed by atoms with E-state index in [2.05, 4.69) is 14.9 Å². The molecule has 4 nitrogen and oxygen atoms in total. The summed E-state index contributed by atoms with van der Waals surface area (Å²) < 4.78 is 0. The van der Waals surface area contributed by atoms with Crippen molar-refractivity contribution in [2.75, 3.05) is 13.1 Å². The van der Waals surface area contributed by atoms with Gasteiger partial charge in [-0.2, -0.15) is 0 Å². The van der Waals surface area contributed by atoms with Crippen molar-refractivity contribution in [3.05, 3.63) is 17.7 Å². The van der Waals surface area contributed by atoms with Gasteiger partial charge in [0.05, 0.1) is 0 Å². The first-order valence-corrected chi connectivity index (χ1v) is 5.22. The van der Waals surface area contributed by atoms with E-state index in [-0.39, 0.29) is 0 Å². The van der Waals surface area contributed by atoms with Gasteiger partial charge in [0.15, 0.2) is 0 Å². The largest absolute Gasteiger partial charge is 0.345 e. The first-order chi connectivity index (χ1) is 6.74. The third-order valence-electron chi connectivity index (χ3n) is 2.78. The maximum absolute atomic E-state index is 5.85. The Morgan fingerprint density at radius 3 is 2.86 bits per heavy atom. The number of rotatable bonds is 2. The van der Waals surface area contributed by atoms with Crippen LogP contribution < -0.4 is 5.73 Å². The van der Waals surface area contributed by atoms with E-state index in [0.717, 1.165) is 38.3 Å². The molecule has 1 aromatic heterocycles. The average Bonchev–Trinajstić information content (AvgIpc) is 2.56. The van der Waals surface area contributed by atoms with Gasteiger partial charge in [-0.05, 0) is 19.8 Å². The van der Waals surface area contributed by atoms with Gasteiger partial charge in [-0.3, -0.25) is 4.90 Å². The van der Waals surface area contributed by atoms with Gasteiger partial charge in [-0.1, -0.05) is 0 Å². The van der Waals surface area contributed by atoms with Gasteiger partial charge in [0.25, 0.3) is 0 Å². The van der Waals surface area contributed by atoms with Crippen LogP contribution in [0.2, 0.25) is 0 Å². The molecule has 1 aliphatic heterocycles. The molecule has 2 heterocycles. The molecule has 0 aliphatic carbocycles. The van der Waals surface area contributed by atoms with Gasteiger partial charge in [0, 0.05) is 37.6 Å². The van der Waals surface area contributed by atoms with Crippen LogP contribution in [0.4, 0.5) is 0 Å². The Kier molecular flexibility index (Phi) is 2.84. The van der Waals surface area contributed by atoms with Gasteiger partial charge in [0.2, 0.25) is 0 Å². The molecule has 0 radical (unpaired) electrons. The summed E-state index contributed by atoms with van der Waals surface area (Å²) in [7, 11) is 0. The van der Waals surface area contributed by atoms with Crippen LogP contribution in [0.1, 0.15) is 24.4 Å². The Morgan fingerprint density at radius 1 is 1.57 bits per heavy atom. The lowest BCUT2D eigenvalue weighted by Crippen LogP contribution is -2.39. The quantitative estimate of drug-likeness (QED) is 0.726. The van der Waals surface area contributed by atoms with Crippen LogP contribution in [0.25, 0.3) is 0 Å². The molecule has 0 spiro atoms. The Morgan fingerprint density at radius 2 is 2.29 bits per heavy atom. The number of aromatic nitrogens is 2. The van der Waals surface area contributed by atoms with Crippen molar-refractivity contribution in [1.29, 1.82) is 0 Å². The van der Waals surface area contributed by atoms with E-state index in [1.807, 2.05) is 13.1 Å². The van der Waals surface area contributed by atoms with E-state index in [1.165, 1.54) is 5.69 Å². The number of nitrogens with two attached hydrogens (primary N) is 1.